The molecule has 0 aromatic rings. The number of cyclic esters (lactones) is 1. The molecule has 14 heavy (non-hydrogen) atoms. The molecule has 80 valence electrons. The summed E-state index contributed by atoms with van der Waals surface area (Å²) in [6.07, 6.45) is 2.80. The van der Waals surface area contributed by atoms with E-state index in [9.17, 15) is 4.79 Å². The van der Waals surface area contributed by atoms with E-state index >= 15 is 0 Å². The lowest BCUT2D eigenvalue weighted by atomic mass is 9.97. The summed E-state index contributed by atoms with van der Waals surface area (Å²) in [7, 11) is 0. The predicted molar refractivity (Wildman–Crippen MR) is 59.8 cm³/mol. The molecule has 1 heterocycles. The van der Waals surface area contributed by atoms with Crippen LogP contribution in [0.5, 0.6) is 0 Å². The van der Waals surface area contributed by atoms with Gasteiger partial charge in [0.25, 0.3) is 0 Å². The smallest absolute Gasteiger partial charge is 0.337 e. The number of aliphatic imine (C=N–C) groups is 1. The van der Waals surface area contributed by atoms with Crippen molar-refractivity contribution in [2.24, 2.45) is 10.4 Å². The Morgan fingerprint density at radius 3 is 2.57 bits per heavy atom. The normalized spacial score (nSPS) is 22.1. The SMILES string of the molecule is CSCC[C@H]1N=C(C(C)(C)C)OC1=O. The molecule has 0 aliphatic carbocycles. The number of thioether (sulfide) groups is 1. The zero-order valence-electron chi connectivity index (χ0n) is 9.16. The first-order valence-electron chi connectivity index (χ1n) is 4.74. The number of hydrogen-bond acceptors (Lipinski definition) is 4. The average Bonchev–Trinajstić information content (AvgIpc) is 2.43. The van der Waals surface area contributed by atoms with Crippen molar-refractivity contribution in [2.75, 3.05) is 12.0 Å². The van der Waals surface area contributed by atoms with Crippen LogP contribution < -0.4 is 0 Å². The summed E-state index contributed by atoms with van der Waals surface area (Å²) in [4.78, 5) is 15.7. The third kappa shape index (κ3) is 2.74. The zero-order valence-corrected chi connectivity index (χ0v) is 9.98. The van der Waals surface area contributed by atoms with Gasteiger partial charge >= 0.3 is 5.97 Å². The van der Waals surface area contributed by atoms with Gasteiger partial charge in [-0.1, -0.05) is 20.8 Å². The molecular weight excluding hydrogens is 198 g/mol. The Hall–Kier alpha value is -0.510. The topological polar surface area (TPSA) is 38.7 Å². The van der Waals surface area contributed by atoms with E-state index in [-0.39, 0.29) is 17.4 Å². The summed E-state index contributed by atoms with van der Waals surface area (Å²) in [5.74, 6) is 1.33. The lowest BCUT2D eigenvalue weighted by molar-refractivity contribution is -0.135. The van der Waals surface area contributed by atoms with Gasteiger partial charge in [0.1, 0.15) is 0 Å². The van der Waals surface area contributed by atoms with Crippen LogP contribution in [0.3, 0.4) is 0 Å². The number of esters is 1. The van der Waals surface area contributed by atoms with Crippen molar-refractivity contribution >= 4 is 23.6 Å². The molecular formula is C10H17NO2S. The molecule has 0 fully saturated rings. The van der Waals surface area contributed by atoms with E-state index in [1.807, 2.05) is 27.0 Å². The Kier molecular flexibility index (Phi) is 3.59. The lowest BCUT2D eigenvalue weighted by Gasteiger charge is -2.15. The Morgan fingerprint density at radius 1 is 1.50 bits per heavy atom. The molecule has 0 amide bonds. The molecule has 0 aromatic carbocycles. The van der Waals surface area contributed by atoms with Crippen molar-refractivity contribution in [1.29, 1.82) is 0 Å². The van der Waals surface area contributed by atoms with E-state index in [0.717, 1.165) is 12.2 Å². The summed E-state index contributed by atoms with van der Waals surface area (Å²) in [5.41, 5.74) is -0.163. The van der Waals surface area contributed by atoms with Crippen LogP contribution in [0, 0.1) is 5.41 Å². The highest BCUT2D eigenvalue weighted by molar-refractivity contribution is 7.98. The van der Waals surface area contributed by atoms with Crippen LogP contribution in [0.25, 0.3) is 0 Å². The van der Waals surface area contributed by atoms with Gasteiger partial charge in [-0.25, -0.2) is 9.79 Å². The highest BCUT2D eigenvalue weighted by Gasteiger charge is 2.34. The molecule has 1 aliphatic heterocycles. The molecule has 1 rings (SSSR count). The quantitative estimate of drug-likeness (QED) is 0.677. The van der Waals surface area contributed by atoms with Gasteiger partial charge < -0.3 is 4.74 Å². The van der Waals surface area contributed by atoms with Gasteiger partial charge in [-0.2, -0.15) is 11.8 Å². The first kappa shape index (κ1) is 11.6. The van der Waals surface area contributed by atoms with Gasteiger partial charge in [0.05, 0.1) is 0 Å². The molecule has 0 spiro atoms. The summed E-state index contributed by atoms with van der Waals surface area (Å²) in [6.45, 7) is 5.99. The van der Waals surface area contributed by atoms with E-state index in [2.05, 4.69) is 4.99 Å². The van der Waals surface area contributed by atoms with Crippen molar-refractivity contribution in [3.05, 3.63) is 0 Å². The van der Waals surface area contributed by atoms with Gasteiger partial charge in [0.2, 0.25) is 0 Å². The minimum absolute atomic E-state index is 0.163. The van der Waals surface area contributed by atoms with Crippen LogP contribution in [-0.2, 0) is 9.53 Å². The highest BCUT2D eigenvalue weighted by Crippen LogP contribution is 2.24. The van der Waals surface area contributed by atoms with Crippen molar-refractivity contribution in [1.82, 2.24) is 0 Å². The Morgan fingerprint density at radius 2 is 2.14 bits per heavy atom. The van der Waals surface area contributed by atoms with Gasteiger partial charge in [-0.15, -0.1) is 0 Å². The molecule has 1 atom stereocenters. The predicted octanol–water partition coefficient (Wildman–Crippen LogP) is 2.11. The van der Waals surface area contributed by atoms with E-state index < -0.39 is 0 Å². The van der Waals surface area contributed by atoms with Gasteiger partial charge in [0.15, 0.2) is 11.9 Å². The fourth-order valence-electron chi connectivity index (χ4n) is 1.14. The number of nitrogens with zero attached hydrogens (tertiary/aromatic N) is 1. The van der Waals surface area contributed by atoms with Gasteiger partial charge in [0, 0.05) is 5.41 Å². The Balaban J connectivity index is 2.62. The first-order valence-corrected chi connectivity index (χ1v) is 6.13. The van der Waals surface area contributed by atoms with E-state index in [1.165, 1.54) is 0 Å². The third-order valence-corrected chi connectivity index (χ3v) is 2.62. The van der Waals surface area contributed by atoms with E-state index in [1.54, 1.807) is 11.8 Å². The Labute approximate surface area is 89.3 Å². The van der Waals surface area contributed by atoms with Crippen LogP contribution in [0.4, 0.5) is 0 Å². The second-order valence-electron chi connectivity index (χ2n) is 4.40. The number of carbonyl (C=O) groups excluding carboxylic acids is 1. The van der Waals surface area contributed by atoms with Crippen LogP contribution >= 0.6 is 11.8 Å². The Bertz CT molecular complexity index is 255. The van der Waals surface area contributed by atoms with Crippen LogP contribution in [0.15, 0.2) is 4.99 Å². The van der Waals surface area contributed by atoms with Gasteiger partial charge in [-0.3, -0.25) is 0 Å². The van der Waals surface area contributed by atoms with Crippen molar-refractivity contribution < 1.29 is 9.53 Å². The third-order valence-electron chi connectivity index (χ3n) is 1.98. The monoisotopic (exact) mass is 215 g/mol. The molecule has 0 bridgehead atoms. The lowest BCUT2D eigenvalue weighted by Crippen LogP contribution is -2.22. The number of hydrogen-bond donors (Lipinski definition) is 0. The van der Waals surface area contributed by atoms with Crippen molar-refractivity contribution in [3.8, 4) is 0 Å². The maximum absolute atomic E-state index is 11.4. The minimum atomic E-state index is -0.267. The number of rotatable bonds is 3. The maximum atomic E-state index is 11.4. The second-order valence-corrected chi connectivity index (χ2v) is 5.39. The van der Waals surface area contributed by atoms with E-state index in [4.69, 9.17) is 4.74 Å². The van der Waals surface area contributed by atoms with Gasteiger partial charge in [-0.05, 0) is 18.4 Å². The molecule has 0 saturated carbocycles. The highest BCUT2D eigenvalue weighted by atomic mass is 32.2. The first-order chi connectivity index (χ1) is 6.45. The maximum Gasteiger partial charge on any atom is 0.337 e. The summed E-state index contributed by atoms with van der Waals surface area (Å²) >= 11 is 1.72. The molecule has 1 aliphatic rings. The summed E-state index contributed by atoms with van der Waals surface area (Å²) in [6, 6.07) is -0.267. The van der Waals surface area contributed by atoms with Crippen LogP contribution in [-0.4, -0.2) is 29.9 Å². The second kappa shape index (κ2) is 4.34. The molecule has 0 unspecified atom stereocenters. The minimum Gasteiger partial charge on any atom is -0.410 e. The average molecular weight is 215 g/mol. The summed E-state index contributed by atoms with van der Waals surface area (Å²) < 4.78 is 5.14. The molecule has 0 aromatic heterocycles. The largest absolute Gasteiger partial charge is 0.410 e. The van der Waals surface area contributed by atoms with Crippen LogP contribution in [0.2, 0.25) is 0 Å². The molecule has 0 saturated heterocycles. The number of ether oxygens (including phenoxy) is 1. The fraction of sp³-hybridized carbons (Fsp3) is 0.800. The van der Waals surface area contributed by atoms with Crippen molar-refractivity contribution in [2.45, 2.75) is 33.2 Å². The molecule has 0 radical (unpaired) electrons. The standard InChI is InChI=1S/C10H17NO2S/c1-10(2,3)9-11-7(5-6-14-4)8(12)13-9/h7H,5-6H2,1-4H3/t7-/m1/s1. The zero-order chi connectivity index (χ0) is 10.8. The molecule has 4 heteroatoms. The molecule has 3 nitrogen and oxygen atoms in total. The summed E-state index contributed by atoms with van der Waals surface area (Å²) in [5, 5.41) is 0. The van der Waals surface area contributed by atoms with Crippen molar-refractivity contribution in [3.63, 3.8) is 0 Å². The fourth-order valence-corrected chi connectivity index (χ4v) is 1.60. The van der Waals surface area contributed by atoms with E-state index in [0.29, 0.717) is 5.90 Å². The van der Waals surface area contributed by atoms with Crippen LogP contribution in [0.1, 0.15) is 27.2 Å². The molecule has 0 N–H and O–H groups in total. The number of carbonyl (C=O) groups is 1.